The number of hydrogen-bond donors (Lipinski definition) is 0. The van der Waals surface area contributed by atoms with E-state index < -0.39 is 12.1 Å². The predicted molar refractivity (Wildman–Crippen MR) is 125 cm³/mol. The van der Waals surface area contributed by atoms with Gasteiger partial charge in [0, 0.05) is 31.7 Å². The minimum atomic E-state index is -0.949. The van der Waals surface area contributed by atoms with Crippen LogP contribution in [-0.2, 0) is 29.7 Å². The Labute approximate surface area is 192 Å². The fourth-order valence-electron chi connectivity index (χ4n) is 3.77. The van der Waals surface area contributed by atoms with E-state index >= 15 is 0 Å². The third kappa shape index (κ3) is 5.09. The number of benzene rings is 2. The summed E-state index contributed by atoms with van der Waals surface area (Å²) in [6, 6.07) is 21.2. The maximum absolute atomic E-state index is 13.3. The molecule has 0 radical (unpaired) electrons. The van der Waals surface area contributed by atoms with Gasteiger partial charge in [-0.15, -0.1) is 0 Å². The summed E-state index contributed by atoms with van der Waals surface area (Å²) in [7, 11) is 1.80. The Morgan fingerprint density at radius 3 is 2.15 bits per heavy atom. The van der Waals surface area contributed by atoms with Crippen LogP contribution < -0.4 is 0 Å². The molecule has 0 bridgehead atoms. The molecule has 1 amide bonds. The van der Waals surface area contributed by atoms with Crippen molar-refractivity contribution in [2.24, 2.45) is 7.05 Å². The molecule has 2 aromatic heterocycles. The largest absolute Gasteiger partial charge is 0.449 e. The Morgan fingerprint density at radius 2 is 1.58 bits per heavy atom. The summed E-state index contributed by atoms with van der Waals surface area (Å²) in [6.45, 7) is 4.29. The molecule has 168 valence electrons. The van der Waals surface area contributed by atoms with E-state index in [1.54, 1.807) is 29.6 Å². The number of carbonyl (C=O) groups excluding carboxylic acids is 2. The normalized spacial score (nSPS) is 11.8. The number of carbonyl (C=O) groups is 2. The summed E-state index contributed by atoms with van der Waals surface area (Å²) in [5.41, 5.74) is 3.75. The van der Waals surface area contributed by atoms with E-state index in [1.165, 1.54) is 6.20 Å². The molecule has 0 aliphatic carbocycles. The molecule has 1 unspecified atom stereocenters. The topological polar surface area (TPSA) is 77.3 Å². The lowest BCUT2D eigenvalue weighted by atomic mass is 10.1. The van der Waals surface area contributed by atoms with Gasteiger partial charge in [-0.3, -0.25) is 9.48 Å². The average Bonchev–Trinajstić information content (AvgIpc) is 3.12. The van der Waals surface area contributed by atoms with Gasteiger partial charge in [0.15, 0.2) is 11.8 Å². The monoisotopic (exact) mass is 442 g/mol. The van der Waals surface area contributed by atoms with Gasteiger partial charge in [-0.1, -0.05) is 60.7 Å². The summed E-state index contributed by atoms with van der Waals surface area (Å²) >= 11 is 0. The lowest BCUT2D eigenvalue weighted by Gasteiger charge is -2.26. The van der Waals surface area contributed by atoms with Crippen molar-refractivity contribution >= 4 is 22.9 Å². The number of rotatable bonds is 7. The standard InChI is InChI=1S/C26H26N4O3/c1-18-23-14-22(15-27-24(23)29(3)28-18)26(32)33-19(2)25(31)30(16-20-10-6-4-7-11-20)17-21-12-8-5-9-13-21/h4-15,19H,16-17H2,1-3H3. The molecule has 0 aliphatic heterocycles. The van der Waals surface area contributed by atoms with Crippen LogP contribution in [0.4, 0.5) is 0 Å². The van der Waals surface area contributed by atoms with Gasteiger partial charge in [-0.05, 0) is 31.0 Å². The maximum Gasteiger partial charge on any atom is 0.340 e. The Kier molecular flexibility index (Phi) is 6.49. The van der Waals surface area contributed by atoms with E-state index in [0.717, 1.165) is 22.2 Å². The van der Waals surface area contributed by atoms with Crippen molar-refractivity contribution in [3.05, 3.63) is 95.3 Å². The first kappa shape index (κ1) is 22.2. The lowest BCUT2D eigenvalue weighted by molar-refractivity contribution is -0.141. The van der Waals surface area contributed by atoms with Gasteiger partial charge in [-0.25, -0.2) is 9.78 Å². The van der Waals surface area contributed by atoms with Gasteiger partial charge in [0.2, 0.25) is 0 Å². The number of amides is 1. The number of ether oxygens (including phenoxy) is 1. The Bertz CT molecular complexity index is 1230. The van der Waals surface area contributed by atoms with E-state index in [4.69, 9.17) is 4.74 Å². The van der Waals surface area contributed by atoms with Crippen LogP contribution in [0.5, 0.6) is 0 Å². The molecule has 4 rings (SSSR count). The fraction of sp³-hybridized carbons (Fsp3) is 0.231. The molecule has 0 spiro atoms. The molecule has 2 aromatic carbocycles. The number of fused-ring (bicyclic) bond motifs is 1. The number of aromatic nitrogens is 3. The molecular formula is C26H26N4O3. The molecule has 0 aliphatic rings. The third-order valence-corrected chi connectivity index (χ3v) is 5.47. The highest BCUT2D eigenvalue weighted by Gasteiger charge is 2.25. The number of nitrogens with zero attached hydrogens (tertiary/aromatic N) is 4. The quantitative estimate of drug-likeness (QED) is 0.404. The highest BCUT2D eigenvalue weighted by Crippen LogP contribution is 2.18. The number of hydrogen-bond acceptors (Lipinski definition) is 5. The van der Waals surface area contributed by atoms with E-state index in [0.29, 0.717) is 18.7 Å². The summed E-state index contributed by atoms with van der Waals surface area (Å²) in [4.78, 5) is 32.1. The molecule has 7 nitrogen and oxygen atoms in total. The first-order chi connectivity index (χ1) is 15.9. The molecule has 2 heterocycles. The van der Waals surface area contributed by atoms with Crippen molar-refractivity contribution in [1.82, 2.24) is 19.7 Å². The molecule has 0 N–H and O–H groups in total. The van der Waals surface area contributed by atoms with Crippen LogP contribution in [0, 0.1) is 6.92 Å². The number of aryl methyl sites for hydroxylation is 2. The van der Waals surface area contributed by atoms with Crippen molar-refractivity contribution in [2.75, 3.05) is 0 Å². The second-order valence-electron chi connectivity index (χ2n) is 8.02. The van der Waals surface area contributed by atoms with E-state index in [-0.39, 0.29) is 11.5 Å². The first-order valence-electron chi connectivity index (χ1n) is 10.8. The molecular weight excluding hydrogens is 416 g/mol. The van der Waals surface area contributed by atoms with Gasteiger partial charge in [0.25, 0.3) is 5.91 Å². The van der Waals surface area contributed by atoms with Crippen molar-refractivity contribution in [1.29, 1.82) is 0 Å². The Balaban J connectivity index is 1.51. The van der Waals surface area contributed by atoms with Gasteiger partial charge in [0.1, 0.15) is 0 Å². The van der Waals surface area contributed by atoms with Crippen LogP contribution in [0.15, 0.2) is 72.9 Å². The van der Waals surface area contributed by atoms with Crippen molar-refractivity contribution < 1.29 is 14.3 Å². The van der Waals surface area contributed by atoms with Crippen LogP contribution in [0.3, 0.4) is 0 Å². The second-order valence-corrected chi connectivity index (χ2v) is 8.02. The van der Waals surface area contributed by atoms with Gasteiger partial charge in [-0.2, -0.15) is 5.10 Å². The highest BCUT2D eigenvalue weighted by atomic mass is 16.5. The van der Waals surface area contributed by atoms with Crippen LogP contribution in [-0.4, -0.2) is 37.6 Å². The zero-order valence-electron chi connectivity index (χ0n) is 18.9. The van der Waals surface area contributed by atoms with Gasteiger partial charge < -0.3 is 9.64 Å². The Morgan fingerprint density at radius 1 is 1.00 bits per heavy atom. The molecule has 1 atom stereocenters. The van der Waals surface area contributed by atoms with E-state index in [2.05, 4.69) is 10.1 Å². The number of esters is 1. The molecule has 7 heteroatoms. The predicted octanol–water partition coefficient (Wildman–Crippen LogP) is 4.05. The molecule has 33 heavy (non-hydrogen) atoms. The Hall–Kier alpha value is -4.00. The van der Waals surface area contributed by atoms with Crippen molar-refractivity contribution in [3.63, 3.8) is 0 Å². The molecule has 0 saturated carbocycles. The second kappa shape index (κ2) is 9.65. The summed E-state index contributed by atoms with van der Waals surface area (Å²) in [5.74, 6) is -0.851. The zero-order chi connectivity index (χ0) is 23.4. The van der Waals surface area contributed by atoms with Gasteiger partial charge in [0.05, 0.1) is 11.3 Å². The van der Waals surface area contributed by atoms with E-state index in [9.17, 15) is 9.59 Å². The highest BCUT2D eigenvalue weighted by molar-refractivity contribution is 5.95. The minimum absolute atomic E-state index is 0.261. The maximum atomic E-state index is 13.3. The third-order valence-electron chi connectivity index (χ3n) is 5.47. The van der Waals surface area contributed by atoms with Crippen LogP contribution in [0.25, 0.3) is 11.0 Å². The van der Waals surface area contributed by atoms with Crippen LogP contribution in [0.2, 0.25) is 0 Å². The molecule has 0 saturated heterocycles. The first-order valence-corrected chi connectivity index (χ1v) is 10.8. The molecule has 4 aromatic rings. The molecule has 0 fully saturated rings. The average molecular weight is 443 g/mol. The zero-order valence-corrected chi connectivity index (χ0v) is 18.9. The van der Waals surface area contributed by atoms with Crippen LogP contribution >= 0.6 is 0 Å². The fourth-order valence-corrected chi connectivity index (χ4v) is 3.77. The SMILES string of the molecule is Cc1nn(C)c2ncc(C(=O)OC(C)C(=O)N(Cc3ccccc3)Cc3ccccc3)cc12. The summed E-state index contributed by atoms with van der Waals surface area (Å²) < 4.78 is 7.22. The minimum Gasteiger partial charge on any atom is -0.449 e. The lowest BCUT2D eigenvalue weighted by Crippen LogP contribution is -2.39. The summed E-state index contributed by atoms with van der Waals surface area (Å²) in [6.07, 6.45) is 0.505. The van der Waals surface area contributed by atoms with Crippen molar-refractivity contribution in [2.45, 2.75) is 33.0 Å². The van der Waals surface area contributed by atoms with Gasteiger partial charge >= 0.3 is 5.97 Å². The number of pyridine rings is 1. The van der Waals surface area contributed by atoms with Crippen molar-refractivity contribution in [3.8, 4) is 0 Å². The summed E-state index contributed by atoms with van der Waals surface area (Å²) in [5, 5.41) is 5.10. The van der Waals surface area contributed by atoms with E-state index in [1.807, 2.05) is 67.6 Å². The smallest absolute Gasteiger partial charge is 0.340 e. The van der Waals surface area contributed by atoms with Crippen LogP contribution in [0.1, 0.15) is 34.1 Å².